The molecule has 2 bridgehead atoms. The van der Waals surface area contributed by atoms with Gasteiger partial charge in [-0.25, -0.2) is 4.98 Å². The predicted molar refractivity (Wildman–Crippen MR) is 151 cm³/mol. The molecular formula is C30H33ClN4O4. The van der Waals surface area contributed by atoms with Gasteiger partial charge in [-0.2, -0.15) is 0 Å². The summed E-state index contributed by atoms with van der Waals surface area (Å²) >= 11 is 6.29. The summed E-state index contributed by atoms with van der Waals surface area (Å²) in [6.45, 7) is 2.21. The van der Waals surface area contributed by atoms with Crippen molar-refractivity contribution in [2.75, 3.05) is 19.1 Å². The summed E-state index contributed by atoms with van der Waals surface area (Å²) in [6.07, 6.45) is 5.46. The van der Waals surface area contributed by atoms with E-state index in [2.05, 4.69) is 20.5 Å². The van der Waals surface area contributed by atoms with E-state index in [0.717, 1.165) is 42.6 Å². The van der Waals surface area contributed by atoms with Crippen LogP contribution in [-0.4, -0.2) is 49.1 Å². The van der Waals surface area contributed by atoms with Crippen molar-refractivity contribution in [1.82, 2.24) is 15.6 Å². The SMILES string of the molecule is COc1ccc(CNC(=O)c2ccc(N3[C@@H]4CC[C@H]3CC(NC(=O)c3cccc(OC)c3C)C4)nc2)c(Cl)c1. The lowest BCUT2D eigenvalue weighted by Crippen LogP contribution is -2.50. The summed E-state index contributed by atoms with van der Waals surface area (Å²) in [7, 11) is 3.20. The van der Waals surface area contributed by atoms with Crippen LogP contribution in [0, 0.1) is 6.92 Å². The summed E-state index contributed by atoms with van der Waals surface area (Å²) in [6, 6.07) is 15.3. The Morgan fingerprint density at radius 1 is 1.03 bits per heavy atom. The number of aromatic nitrogens is 1. The monoisotopic (exact) mass is 548 g/mol. The summed E-state index contributed by atoms with van der Waals surface area (Å²) < 4.78 is 10.5. The number of nitrogens with zero attached hydrogens (tertiary/aromatic N) is 2. The number of halogens is 1. The van der Waals surface area contributed by atoms with Crippen LogP contribution < -0.4 is 25.0 Å². The summed E-state index contributed by atoms with van der Waals surface area (Å²) in [5.41, 5.74) is 2.79. The van der Waals surface area contributed by atoms with Crippen molar-refractivity contribution >= 4 is 29.2 Å². The van der Waals surface area contributed by atoms with Crippen LogP contribution in [0.5, 0.6) is 11.5 Å². The molecule has 2 N–H and O–H groups in total. The van der Waals surface area contributed by atoms with Crippen molar-refractivity contribution < 1.29 is 19.1 Å². The van der Waals surface area contributed by atoms with Crippen LogP contribution in [-0.2, 0) is 6.54 Å². The van der Waals surface area contributed by atoms with Crippen molar-refractivity contribution in [3.63, 3.8) is 0 Å². The van der Waals surface area contributed by atoms with E-state index in [1.54, 1.807) is 26.5 Å². The smallest absolute Gasteiger partial charge is 0.253 e. The maximum atomic E-state index is 13.0. The minimum Gasteiger partial charge on any atom is -0.497 e. The summed E-state index contributed by atoms with van der Waals surface area (Å²) in [5.74, 6) is 1.98. The van der Waals surface area contributed by atoms with Gasteiger partial charge in [0.15, 0.2) is 0 Å². The molecule has 0 aliphatic carbocycles. The van der Waals surface area contributed by atoms with Crippen LogP contribution in [0.15, 0.2) is 54.7 Å². The number of hydrogen-bond acceptors (Lipinski definition) is 6. The van der Waals surface area contributed by atoms with Gasteiger partial charge in [0.2, 0.25) is 0 Å². The number of amides is 2. The number of carbonyl (C=O) groups is 2. The molecule has 204 valence electrons. The van der Waals surface area contributed by atoms with Crippen molar-refractivity contribution in [3.05, 3.63) is 82.0 Å². The Kier molecular flexibility index (Phi) is 7.93. The van der Waals surface area contributed by atoms with E-state index in [1.807, 2.05) is 49.4 Å². The molecule has 1 aromatic heterocycles. The number of nitrogens with one attached hydrogen (secondary N) is 2. The van der Waals surface area contributed by atoms with Gasteiger partial charge < -0.3 is 25.0 Å². The van der Waals surface area contributed by atoms with Crippen LogP contribution in [0.1, 0.15) is 57.5 Å². The zero-order chi connectivity index (χ0) is 27.5. The third-order valence-electron chi connectivity index (χ3n) is 7.79. The van der Waals surface area contributed by atoms with Gasteiger partial charge in [0.1, 0.15) is 17.3 Å². The fraction of sp³-hybridized carbons (Fsp3) is 0.367. The average molecular weight is 549 g/mol. The molecule has 3 aromatic rings. The predicted octanol–water partition coefficient (Wildman–Crippen LogP) is 4.92. The fourth-order valence-electron chi connectivity index (χ4n) is 5.76. The molecule has 2 saturated heterocycles. The maximum absolute atomic E-state index is 13.0. The highest BCUT2D eigenvalue weighted by Crippen LogP contribution is 2.38. The lowest BCUT2D eigenvalue weighted by Gasteiger charge is -2.40. The number of carbonyl (C=O) groups excluding carboxylic acids is 2. The van der Waals surface area contributed by atoms with Gasteiger partial charge in [-0.1, -0.05) is 23.7 Å². The number of fused-ring (bicyclic) bond motifs is 2. The summed E-state index contributed by atoms with van der Waals surface area (Å²) in [4.78, 5) is 32.8. The van der Waals surface area contributed by atoms with Crippen LogP contribution in [0.25, 0.3) is 0 Å². The Bertz CT molecular complexity index is 1350. The van der Waals surface area contributed by atoms with Crippen LogP contribution in [0.3, 0.4) is 0 Å². The first-order chi connectivity index (χ1) is 18.9. The Balaban J connectivity index is 1.19. The molecule has 39 heavy (non-hydrogen) atoms. The molecule has 1 unspecified atom stereocenters. The number of benzene rings is 2. The van der Waals surface area contributed by atoms with Crippen molar-refractivity contribution in [2.24, 2.45) is 0 Å². The zero-order valence-electron chi connectivity index (χ0n) is 22.4. The molecule has 2 aliphatic rings. The number of methoxy groups -OCH3 is 2. The number of rotatable bonds is 8. The Hall–Kier alpha value is -3.78. The number of hydrogen-bond donors (Lipinski definition) is 2. The van der Waals surface area contributed by atoms with Crippen LogP contribution in [0.4, 0.5) is 5.82 Å². The van der Waals surface area contributed by atoms with Crippen molar-refractivity contribution in [2.45, 2.75) is 57.3 Å². The standard InChI is InChI=1S/C30H33ClN4O4/c1-18-25(5-4-6-27(18)39-3)30(37)34-21-13-22-9-10-23(14-21)35(22)28-12-8-20(17-32-28)29(36)33-16-19-7-11-24(38-2)15-26(19)31/h4-8,11-12,15,17,21-23H,9-10,13-14,16H2,1-3H3,(H,33,36)(H,34,37)/t21?,22-,23+. The second-order valence-corrected chi connectivity index (χ2v) is 10.5. The molecular weight excluding hydrogens is 516 g/mol. The van der Waals surface area contributed by atoms with E-state index in [-0.39, 0.29) is 17.9 Å². The fourth-order valence-corrected chi connectivity index (χ4v) is 6.00. The first kappa shape index (κ1) is 26.8. The van der Waals surface area contributed by atoms with E-state index in [9.17, 15) is 9.59 Å². The normalized spacial score (nSPS) is 19.9. The van der Waals surface area contributed by atoms with E-state index in [0.29, 0.717) is 46.3 Å². The first-order valence-electron chi connectivity index (χ1n) is 13.2. The molecule has 2 aliphatic heterocycles. The molecule has 3 atom stereocenters. The number of piperidine rings is 1. The molecule has 0 spiro atoms. The van der Waals surface area contributed by atoms with Crippen LogP contribution in [0.2, 0.25) is 5.02 Å². The average Bonchev–Trinajstić information content (AvgIpc) is 3.22. The third-order valence-corrected chi connectivity index (χ3v) is 8.14. The molecule has 8 nitrogen and oxygen atoms in total. The summed E-state index contributed by atoms with van der Waals surface area (Å²) in [5, 5.41) is 6.69. The van der Waals surface area contributed by atoms with Gasteiger partial charge in [0.25, 0.3) is 11.8 Å². The van der Waals surface area contributed by atoms with E-state index in [4.69, 9.17) is 21.1 Å². The molecule has 0 saturated carbocycles. The topological polar surface area (TPSA) is 92.8 Å². The van der Waals surface area contributed by atoms with Gasteiger partial charge in [0, 0.05) is 47.0 Å². The molecule has 2 amide bonds. The van der Waals surface area contributed by atoms with Gasteiger partial charge >= 0.3 is 0 Å². The molecule has 3 heterocycles. The maximum Gasteiger partial charge on any atom is 0.253 e. The Labute approximate surface area is 233 Å². The van der Waals surface area contributed by atoms with Gasteiger partial charge in [0.05, 0.1) is 19.8 Å². The van der Waals surface area contributed by atoms with E-state index in [1.165, 1.54) is 0 Å². The third kappa shape index (κ3) is 5.66. The number of ether oxygens (including phenoxy) is 2. The lowest BCUT2D eigenvalue weighted by atomic mass is 9.96. The second-order valence-electron chi connectivity index (χ2n) is 10.1. The lowest BCUT2D eigenvalue weighted by molar-refractivity contribution is 0.0923. The largest absolute Gasteiger partial charge is 0.497 e. The highest BCUT2D eigenvalue weighted by atomic mass is 35.5. The van der Waals surface area contributed by atoms with Gasteiger partial charge in [-0.15, -0.1) is 0 Å². The first-order valence-corrected chi connectivity index (χ1v) is 13.5. The molecule has 2 aromatic carbocycles. The minimum atomic E-state index is -0.210. The highest BCUT2D eigenvalue weighted by Gasteiger charge is 2.42. The quantitative estimate of drug-likeness (QED) is 0.415. The Morgan fingerprint density at radius 3 is 2.44 bits per heavy atom. The molecule has 2 fully saturated rings. The van der Waals surface area contributed by atoms with E-state index >= 15 is 0 Å². The van der Waals surface area contributed by atoms with Crippen molar-refractivity contribution in [3.8, 4) is 11.5 Å². The Morgan fingerprint density at radius 2 is 1.79 bits per heavy atom. The molecule has 9 heteroatoms. The van der Waals surface area contributed by atoms with Crippen molar-refractivity contribution in [1.29, 1.82) is 0 Å². The molecule has 5 rings (SSSR count). The second kappa shape index (κ2) is 11.5. The zero-order valence-corrected chi connectivity index (χ0v) is 23.1. The van der Waals surface area contributed by atoms with E-state index < -0.39 is 0 Å². The highest BCUT2D eigenvalue weighted by molar-refractivity contribution is 6.31. The molecule has 0 radical (unpaired) electrons. The number of anilines is 1. The number of pyridine rings is 1. The minimum absolute atomic E-state index is 0.0614. The van der Waals surface area contributed by atoms with Gasteiger partial charge in [-0.05, 0) is 74.6 Å². The van der Waals surface area contributed by atoms with Gasteiger partial charge in [-0.3, -0.25) is 9.59 Å². The van der Waals surface area contributed by atoms with Crippen LogP contribution >= 0.6 is 11.6 Å².